The van der Waals surface area contributed by atoms with Gasteiger partial charge in [0.15, 0.2) is 5.01 Å². The molecule has 0 amide bonds. The number of pyridine rings is 1. The Hall–Kier alpha value is -2.32. The van der Waals surface area contributed by atoms with Gasteiger partial charge in [-0.25, -0.2) is 0 Å². The predicted octanol–water partition coefficient (Wildman–Crippen LogP) is 3.59. The second kappa shape index (κ2) is 6.05. The molecule has 0 N–H and O–H groups in total. The molecule has 4 rings (SSSR count). The van der Waals surface area contributed by atoms with E-state index in [-0.39, 0.29) is 0 Å². The Kier molecular flexibility index (Phi) is 3.76. The van der Waals surface area contributed by atoms with Gasteiger partial charge >= 0.3 is 0 Å². The van der Waals surface area contributed by atoms with Crippen LogP contribution in [0.4, 0.5) is 0 Å². The molecule has 23 heavy (non-hydrogen) atoms. The third kappa shape index (κ3) is 2.95. The standard InChI is InChI=1S/C15H10BrN5OS/c16-10-4-6-11(7-5-10)22-9-13-20-21-14(18-19-15(21)23-13)12-3-1-2-8-17-12/h1-8H,9H2. The van der Waals surface area contributed by atoms with Gasteiger partial charge in [-0.1, -0.05) is 33.3 Å². The molecule has 0 fully saturated rings. The zero-order chi connectivity index (χ0) is 15.6. The molecule has 0 unspecified atom stereocenters. The maximum Gasteiger partial charge on any atom is 0.235 e. The van der Waals surface area contributed by atoms with E-state index in [9.17, 15) is 0 Å². The van der Waals surface area contributed by atoms with Gasteiger partial charge in [0.25, 0.3) is 0 Å². The van der Waals surface area contributed by atoms with Crippen molar-refractivity contribution in [2.45, 2.75) is 6.61 Å². The fourth-order valence-electron chi connectivity index (χ4n) is 2.05. The van der Waals surface area contributed by atoms with Crippen LogP contribution in [0.25, 0.3) is 16.5 Å². The normalized spacial score (nSPS) is 11.0. The highest BCUT2D eigenvalue weighted by molar-refractivity contribution is 9.10. The van der Waals surface area contributed by atoms with Crippen molar-refractivity contribution in [1.82, 2.24) is 24.8 Å². The number of hydrogen-bond donors (Lipinski definition) is 0. The molecule has 6 nitrogen and oxygen atoms in total. The van der Waals surface area contributed by atoms with Gasteiger partial charge in [0, 0.05) is 10.7 Å². The molecule has 1 aromatic carbocycles. The van der Waals surface area contributed by atoms with Crippen LogP contribution in [-0.4, -0.2) is 24.8 Å². The molecule has 3 aromatic heterocycles. The van der Waals surface area contributed by atoms with E-state index in [1.54, 1.807) is 10.7 Å². The van der Waals surface area contributed by atoms with Gasteiger partial charge in [-0.15, -0.1) is 10.2 Å². The van der Waals surface area contributed by atoms with Gasteiger partial charge < -0.3 is 4.74 Å². The Morgan fingerprint density at radius 1 is 1.09 bits per heavy atom. The van der Waals surface area contributed by atoms with E-state index < -0.39 is 0 Å². The van der Waals surface area contributed by atoms with Gasteiger partial charge in [0.2, 0.25) is 10.8 Å². The van der Waals surface area contributed by atoms with Crippen LogP contribution in [0.5, 0.6) is 5.75 Å². The van der Waals surface area contributed by atoms with E-state index in [0.29, 0.717) is 12.4 Å². The summed E-state index contributed by atoms with van der Waals surface area (Å²) in [5.41, 5.74) is 0.741. The first-order valence-electron chi connectivity index (χ1n) is 6.80. The predicted molar refractivity (Wildman–Crippen MR) is 90.4 cm³/mol. The van der Waals surface area contributed by atoms with Crippen molar-refractivity contribution >= 4 is 32.2 Å². The fourth-order valence-corrected chi connectivity index (χ4v) is 3.06. The second-order valence-electron chi connectivity index (χ2n) is 4.67. The van der Waals surface area contributed by atoms with Crippen LogP contribution in [-0.2, 0) is 6.61 Å². The van der Waals surface area contributed by atoms with Crippen molar-refractivity contribution in [2.24, 2.45) is 0 Å². The van der Waals surface area contributed by atoms with Crippen LogP contribution in [0.3, 0.4) is 0 Å². The zero-order valence-electron chi connectivity index (χ0n) is 11.8. The minimum absolute atomic E-state index is 0.386. The van der Waals surface area contributed by atoms with Crippen molar-refractivity contribution < 1.29 is 4.74 Å². The highest BCUT2D eigenvalue weighted by atomic mass is 79.9. The molecular weight excluding hydrogens is 378 g/mol. The summed E-state index contributed by atoms with van der Waals surface area (Å²) in [4.78, 5) is 5.01. The third-order valence-corrected chi connectivity index (χ3v) is 4.50. The van der Waals surface area contributed by atoms with E-state index in [4.69, 9.17) is 4.74 Å². The van der Waals surface area contributed by atoms with E-state index >= 15 is 0 Å². The molecule has 8 heteroatoms. The highest BCUT2D eigenvalue weighted by Gasteiger charge is 2.14. The summed E-state index contributed by atoms with van der Waals surface area (Å²) in [5, 5.41) is 13.6. The molecule has 0 bridgehead atoms. The lowest BCUT2D eigenvalue weighted by Gasteiger charge is -2.03. The molecule has 0 aliphatic heterocycles. The van der Waals surface area contributed by atoms with Crippen molar-refractivity contribution in [3.8, 4) is 17.3 Å². The molecule has 0 radical (unpaired) electrons. The summed E-state index contributed by atoms with van der Waals surface area (Å²) < 4.78 is 8.46. The van der Waals surface area contributed by atoms with Gasteiger partial charge in [0.05, 0.1) is 0 Å². The van der Waals surface area contributed by atoms with Crippen LogP contribution in [0, 0.1) is 0 Å². The smallest absolute Gasteiger partial charge is 0.235 e. The largest absolute Gasteiger partial charge is 0.486 e. The summed E-state index contributed by atoms with van der Waals surface area (Å²) >= 11 is 4.85. The first-order valence-corrected chi connectivity index (χ1v) is 8.41. The Morgan fingerprint density at radius 3 is 2.74 bits per heavy atom. The second-order valence-corrected chi connectivity index (χ2v) is 6.63. The van der Waals surface area contributed by atoms with Crippen LogP contribution < -0.4 is 4.74 Å². The molecule has 0 saturated heterocycles. The molecule has 4 aromatic rings. The lowest BCUT2D eigenvalue weighted by Crippen LogP contribution is -1.98. The molecule has 0 aliphatic carbocycles. The van der Waals surface area contributed by atoms with Gasteiger partial charge in [-0.3, -0.25) is 4.98 Å². The average molecular weight is 388 g/mol. The average Bonchev–Trinajstić information content (AvgIpc) is 3.15. The number of ether oxygens (including phenoxy) is 1. The zero-order valence-corrected chi connectivity index (χ0v) is 14.2. The van der Waals surface area contributed by atoms with Crippen LogP contribution in [0.2, 0.25) is 0 Å². The lowest BCUT2D eigenvalue weighted by atomic mass is 10.3. The summed E-state index contributed by atoms with van der Waals surface area (Å²) in [6, 6.07) is 13.3. The number of halogens is 1. The topological polar surface area (TPSA) is 65.2 Å². The highest BCUT2D eigenvalue weighted by Crippen LogP contribution is 2.22. The molecule has 0 spiro atoms. The minimum Gasteiger partial charge on any atom is -0.486 e. The van der Waals surface area contributed by atoms with Crippen LogP contribution in [0.15, 0.2) is 53.1 Å². The number of benzene rings is 1. The molecule has 3 heterocycles. The van der Waals surface area contributed by atoms with Crippen molar-refractivity contribution in [3.05, 3.63) is 58.1 Å². The fraction of sp³-hybridized carbons (Fsp3) is 0.0667. The van der Waals surface area contributed by atoms with E-state index in [1.165, 1.54) is 11.3 Å². The van der Waals surface area contributed by atoms with E-state index in [0.717, 1.165) is 25.9 Å². The van der Waals surface area contributed by atoms with Gasteiger partial charge in [0.1, 0.15) is 18.1 Å². The SMILES string of the molecule is Brc1ccc(OCc2nn3c(-c4ccccn4)nnc3s2)cc1. The van der Waals surface area contributed by atoms with E-state index in [2.05, 4.69) is 36.2 Å². The summed E-state index contributed by atoms with van der Waals surface area (Å²) in [6.07, 6.45) is 1.72. The first-order chi connectivity index (χ1) is 11.3. The van der Waals surface area contributed by atoms with Crippen molar-refractivity contribution in [1.29, 1.82) is 0 Å². The molecule has 0 saturated carbocycles. The van der Waals surface area contributed by atoms with Crippen molar-refractivity contribution in [3.63, 3.8) is 0 Å². The first kappa shape index (κ1) is 14.3. The van der Waals surface area contributed by atoms with E-state index in [1.807, 2.05) is 42.5 Å². The lowest BCUT2D eigenvalue weighted by molar-refractivity contribution is 0.304. The Balaban J connectivity index is 1.57. The molecule has 0 aliphatic rings. The Morgan fingerprint density at radius 2 is 1.96 bits per heavy atom. The maximum atomic E-state index is 5.74. The summed E-state index contributed by atoms with van der Waals surface area (Å²) in [7, 11) is 0. The monoisotopic (exact) mass is 387 g/mol. The maximum absolute atomic E-state index is 5.74. The Labute approximate surface area is 143 Å². The van der Waals surface area contributed by atoms with Crippen LogP contribution >= 0.6 is 27.3 Å². The van der Waals surface area contributed by atoms with Gasteiger partial charge in [-0.05, 0) is 36.4 Å². The number of aromatic nitrogens is 5. The molecule has 114 valence electrons. The number of fused-ring (bicyclic) bond motifs is 1. The summed E-state index contributed by atoms with van der Waals surface area (Å²) in [6.45, 7) is 0.386. The van der Waals surface area contributed by atoms with Gasteiger partial charge in [-0.2, -0.15) is 9.61 Å². The number of hydrogen-bond acceptors (Lipinski definition) is 6. The van der Waals surface area contributed by atoms with Crippen molar-refractivity contribution in [2.75, 3.05) is 0 Å². The molecule has 0 atom stereocenters. The number of rotatable bonds is 4. The third-order valence-electron chi connectivity index (χ3n) is 3.10. The molecular formula is C15H10BrN5OS. The minimum atomic E-state index is 0.386. The Bertz CT molecular complexity index is 936. The quantitative estimate of drug-likeness (QED) is 0.535. The number of nitrogens with zero attached hydrogens (tertiary/aromatic N) is 5. The van der Waals surface area contributed by atoms with Crippen LogP contribution in [0.1, 0.15) is 5.01 Å². The summed E-state index contributed by atoms with van der Waals surface area (Å²) in [5.74, 6) is 1.43.